The Hall–Kier alpha value is -1.34. The fourth-order valence-corrected chi connectivity index (χ4v) is 1.84. The molecule has 1 aromatic rings. The molecule has 0 unspecified atom stereocenters. The Morgan fingerprint density at radius 2 is 2.18 bits per heavy atom. The first-order valence-electron chi connectivity index (χ1n) is 5.28. The molecular formula is C13H15BrN2O. The standard InChI is InChI=1S/C13H15BrN2O/c1-13(2,14)12(17)16(3)9-11-6-4-5-10(7-11)8-15/h4-7H,9H2,1-3H3. The SMILES string of the molecule is CN(Cc1cccc(C#N)c1)C(=O)C(C)(C)Br. The van der Waals surface area contributed by atoms with E-state index in [0.29, 0.717) is 12.1 Å². The van der Waals surface area contributed by atoms with E-state index in [-0.39, 0.29) is 5.91 Å². The first-order chi connectivity index (χ1) is 7.84. The third-order valence-corrected chi connectivity index (χ3v) is 2.67. The fraction of sp³-hybridized carbons (Fsp3) is 0.385. The number of hydrogen-bond donors (Lipinski definition) is 0. The lowest BCUT2D eigenvalue weighted by Crippen LogP contribution is -2.38. The molecule has 0 aliphatic heterocycles. The van der Waals surface area contributed by atoms with Crippen molar-refractivity contribution < 1.29 is 4.79 Å². The Labute approximate surface area is 110 Å². The number of halogens is 1. The second kappa shape index (κ2) is 5.33. The van der Waals surface area contributed by atoms with Gasteiger partial charge < -0.3 is 4.90 Å². The molecule has 0 bridgehead atoms. The van der Waals surface area contributed by atoms with Crippen LogP contribution in [-0.2, 0) is 11.3 Å². The Morgan fingerprint density at radius 3 is 2.71 bits per heavy atom. The van der Waals surface area contributed by atoms with Crippen LogP contribution in [0.3, 0.4) is 0 Å². The highest BCUT2D eigenvalue weighted by molar-refractivity contribution is 9.10. The fourth-order valence-electron chi connectivity index (χ4n) is 1.54. The van der Waals surface area contributed by atoms with Gasteiger partial charge >= 0.3 is 0 Å². The minimum Gasteiger partial charge on any atom is -0.340 e. The highest BCUT2D eigenvalue weighted by Gasteiger charge is 2.26. The maximum Gasteiger partial charge on any atom is 0.238 e. The summed E-state index contributed by atoms with van der Waals surface area (Å²) >= 11 is 3.34. The maximum absolute atomic E-state index is 11.9. The number of hydrogen-bond acceptors (Lipinski definition) is 2. The summed E-state index contributed by atoms with van der Waals surface area (Å²) in [5.74, 6) is 0.0138. The van der Waals surface area contributed by atoms with Gasteiger partial charge in [-0.3, -0.25) is 4.79 Å². The zero-order valence-corrected chi connectivity index (χ0v) is 11.8. The van der Waals surface area contributed by atoms with Gasteiger partial charge in [0, 0.05) is 13.6 Å². The van der Waals surface area contributed by atoms with Crippen LogP contribution in [0.15, 0.2) is 24.3 Å². The quantitative estimate of drug-likeness (QED) is 0.805. The van der Waals surface area contributed by atoms with E-state index in [0.717, 1.165) is 5.56 Å². The van der Waals surface area contributed by atoms with Crippen LogP contribution in [0.5, 0.6) is 0 Å². The van der Waals surface area contributed by atoms with Crippen LogP contribution in [0.4, 0.5) is 0 Å². The van der Waals surface area contributed by atoms with Crippen molar-refractivity contribution in [3.63, 3.8) is 0 Å². The molecule has 0 aliphatic carbocycles. The van der Waals surface area contributed by atoms with Crippen molar-refractivity contribution in [2.45, 2.75) is 24.7 Å². The first kappa shape index (κ1) is 13.7. The van der Waals surface area contributed by atoms with Gasteiger partial charge in [-0.25, -0.2) is 0 Å². The summed E-state index contributed by atoms with van der Waals surface area (Å²) in [6.45, 7) is 4.14. The summed E-state index contributed by atoms with van der Waals surface area (Å²) < 4.78 is -0.561. The van der Waals surface area contributed by atoms with E-state index in [1.165, 1.54) is 0 Å². The van der Waals surface area contributed by atoms with Crippen molar-refractivity contribution in [1.29, 1.82) is 5.26 Å². The Balaban J connectivity index is 2.78. The molecule has 0 radical (unpaired) electrons. The van der Waals surface area contributed by atoms with Crippen molar-refractivity contribution in [2.75, 3.05) is 7.05 Å². The van der Waals surface area contributed by atoms with Gasteiger partial charge in [-0.2, -0.15) is 5.26 Å². The molecule has 1 aromatic carbocycles. The molecule has 90 valence electrons. The number of nitriles is 1. The van der Waals surface area contributed by atoms with Crippen LogP contribution in [0.2, 0.25) is 0 Å². The molecule has 0 saturated heterocycles. The minimum absolute atomic E-state index is 0.0138. The summed E-state index contributed by atoms with van der Waals surface area (Å²) in [5.41, 5.74) is 1.57. The zero-order valence-electron chi connectivity index (χ0n) is 10.2. The molecule has 17 heavy (non-hydrogen) atoms. The van der Waals surface area contributed by atoms with Gasteiger partial charge in [0.2, 0.25) is 5.91 Å². The zero-order chi connectivity index (χ0) is 13.1. The smallest absolute Gasteiger partial charge is 0.238 e. The molecule has 0 aromatic heterocycles. The van der Waals surface area contributed by atoms with Crippen LogP contribution in [0, 0.1) is 11.3 Å². The summed E-state index contributed by atoms with van der Waals surface area (Å²) in [6, 6.07) is 9.37. The lowest BCUT2D eigenvalue weighted by molar-refractivity contribution is -0.131. The molecule has 0 N–H and O–H groups in total. The molecule has 0 spiro atoms. The Morgan fingerprint density at radius 1 is 1.53 bits per heavy atom. The first-order valence-corrected chi connectivity index (χ1v) is 6.07. The molecule has 1 rings (SSSR count). The Bertz CT molecular complexity index is 457. The molecule has 3 nitrogen and oxygen atoms in total. The molecular weight excluding hydrogens is 280 g/mol. The lowest BCUT2D eigenvalue weighted by Gasteiger charge is -2.24. The Kier molecular flexibility index (Phi) is 4.30. The second-order valence-corrected chi connectivity index (χ2v) is 6.43. The van der Waals surface area contributed by atoms with E-state index in [1.54, 1.807) is 24.1 Å². The number of nitrogens with zero attached hydrogens (tertiary/aromatic N) is 2. The molecule has 0 heterocycles. The third kappa shape index (κ3) is 3.86. The maximum atomic E-state index is 11.9. The number of benzene rings is 1. The van der Waals surface area contributed by atoms with E-state index < -0.39 is 4.32 Å². The third-order valence-electron chi connectivity index (χ3n) is 2.33. The van der Waals surface area contributed by atoms with Crippen molar-refractivity contribution in [3.05, 3.63) is 35.4 Å². The van der Waals surface area contributed by atoms with Crippen LogP contribution < -0.4 is 0 Å². The average molecular weight is 295 g/mol. The summed E-state index contributed by atoms with van der Waals surface area (Å²) in [6.07, 6.45) is 0. The topological polar surface area (TPSA) is 44.1 Å². The molecule has 1 amide bonds. The van der Waals surface area contributed by atoms with Crippen LogP contribution in [0.25, 0.3) is 0 Å². The molecule has 4 heteroatoms. The second-order valence-electron chi connectivity index (χ2n) is 4.45. The molecule has 0 fully saturated rings. The average Bonchev–Trinajstić information content (AvgIpc) is 2.27. The molecule has 0 saturated carbocycles. The number of alkyl halides is 1. The van der Waals surface area contributed by atoms with Crippen LogP contribution in [0.1, 0.15) is 25.0 Å². The number of carbonyl (C=O) groups excluding carboxylic acids is 1. The van der Waals surface area contributed by atoms with Crippen molar-refractivity contribution >= 4 is 21.8 Å². The predicted octanol–water partition coefficient (Wildman–Crippen LogP) is 2.69. The van der Waals surface area contributed by atoms with Gasteiger partial charge in [0.25, 0.3) is 0 Å². The van der Waals surface area contributed by atoms with Gasteiger partial charge in [0.1, 0.15) is 0 Å². The van der Waals surface area contributed by atoms with Crippen LogP contribution in [-0.4, -0.2) is 22.2 Å². The number of amides is 1. The summed E-state index contributed by atoms with van der Waals surface area (Å²) in [4.78, 5) is 13.6. The van der Waals surface area contributed by atoms with Gasteiger partial charge in [0.05, 0.1) is 16.0 Å². The van der Waals surface area contributed by atoms with E-state index in [4.69, 9.17) is 5.26 Å². The van der Waals surface area contributed by atoms with E-state index >= 15 is 0 Å². The van der Waals surface area contributed by atoms with Crippen molar-refractivity contribution in [2.24, 2.45) is 0 Å². The monoisotopic (exact) mass is 294 g/mol. The van der Waals surface area contributed by atoms with Gasteiger partial charge in [-0.1, -0.05) is 28.1 Å². The highest BCUT2D eigenvalue weighted by Crippen LogP contribution is 2.19. The van der Waals surface area contributed by atoms with E-state index in [9.17, 15) is 4.79 Å². The minimum atomic E-state index is -0.561. The van der Waals surface area contributed by atoms with Gasteiger partial charge in [0.15, 0.2) is 0 Å². The van der Waals surface area contributed by atoms with Gasteiger partial charge in [-0.15, -0.1) is 0 Å². The number of rotatable bonds is 3. The largest absolute Gasteiger partial charge is 0.340 e. The predicted molar refractivity (Wildman–Crippen MR) is 70.6 cm³/mol. The summed E-state index contributed by atoms with van der Waals surface area (Å²) in [7, 11) is 1.75. The highest BCUT2D eigenvalue weighted by atomic mass is 79.9. The van der Waals surface area contributed by atoms with Crippen LogP contribution >= 0.6 is 15.9 Å². The molecule has 0 aliphatic rings. The van der Waals surface area contributed by atoms with E-state index in [2.05, 4.69) is 22.0 Å². The molecule has 0 atom stereocenters. The lowest BCUT2D eigenvalue weighted by atomic mass is 10.1. The van der Waals surface area contributed by atoms with Crippen molar-refractivity contribution in [3.8, 4) is 6.07 Å². The van der Waals surface area contributed by atoms with E-state index in [1.807, 2.05) is 26.0 Å². The van der Waals surface area contributed by atoms with Gasteiger partial charge in [-0.05, 0) is 31.5 Å². The summed E-state index contributed by atoms with van der Waals surface area (Å²) in [5, 5.41) is 8.80. The number of carbonyl (C=O) groups is 1. The normalized spacial score (nSPS) is 10.8. The van der Waals surface area contributed by atoms with Crippen molar-refractivity contribution in [1.82, 2.24) is 4.90 Å².